The van der Waals surface area contributed by atoms with E-state index < -0.39 is 9.73 Å². The standard InChI is InChI=1S/C14H13NOS2/c1-10-3-6-12(7-4-10)18(16)14-8-5-11(2)9-13(14)17-15-18/h3-9H,1-2H3. The summed E-state index contributed by atoms with van der Waals surface area (Å²) in [4.78, 5) is 2.66. The van der Waals surface area contributed by atoms with Gasteiger partial charge < -0.3 is 0 Å². The Bertz CT molecular complexity index is 726. The van der Waals surface area contributed by atoms with Crippen molar-refractivity contribution in [3.63, 3.8) is 0 Å². The highest BCUT2D eigenvalue weighted by atomic mass is 32.2. The predicted molar refractivity (Wildman–Crippen MR) is 75.3 cm³/mol. The molecule has 0 bridgehead atoms. The lowest BCUT2D eigenvalue weighted by Gasteiger charge is -2.07. The summed E-state index contributed by atoms with van der Waals surface area (Å²) in [6.07, 6.45) is 0. The molecule has 0 saturated carbocycles. The number of rotatable bonds is 1. The zero-order valence-corrected chi connectivity index (χ0v) is 11.8. The molecule has 0 saturated heterocycles. The molecule has 3 rings (SSSR count). The number of benzene rings is 2. The Hall–Kier alpha value is -1.26. The molecule has 2 aromatic carbocycles. The van der Waals surface area contributed by atoms with Gasteiger partial charge in [-0.25, -0.2) is 4.21 Å². The van der Waals surface area contributed by atoms with E-state index in [1.54, 1.807) is 0 Å². The van der Waals surface area contributed by atoms with Crippen LogP contribution in [0.1, 0.15) is 11.1 Å². The first-order valence-corrected chi connectivity index (χ1v) is 7.99. The predicted octanol–water partition coefficient (Wildman–Crippen LogP) is 4.21. The van der Waals surface area contributed by atoms with Crippen LogP contribution in [0.5, 0.6) is 0 Å². The Morgan fingerprint density at radius 1 is 1.00 bits per heavy atom. The summed E-state index contributed by atoms with van der Waals surface area (Å²) in [5.41, 5.74) is 2.33. The fourth-order valence-electron chi connectivity index (χ4n) is 1.94. The van der Waals surface area contributed by atoms with Crippen molar-refractivity contribution in [2.45, 2.75) is 28.5 Å². The van der Waals surface area contributed by atoms with Crippen LogP contribution in [0.25, 0.3) is 0 Å². The minimum absolute atomic E-state index is 0.795. The van der Waals surface area contributed by atoms with Gasteiger partial charge in [0.2, 0.25) is 0 Å². The van der Waals surface area contributed by atoms with Crippen molar-refractivity contribution in [1.82, 2.24) is 0 Å². The molecule has 0 N–H and O–H groups in total. The smallest absolute Gasteiger partial charge is 0.116 e. The van der Waals surface area contributed by atoms with Gasteiger partial charge in [0.05, 0.1) is 9.79 Å². The van der Waals surface area contributed by atoms with Gasteiger partial charge in [-0.05, 0) is 43.7 Å². The third-order valence-corrected chi connectivity index (χ3v) is 6.64. The van der Waals surface area contributed by atoms with E-state index in [4.69, 9.17) is 0 Å². The molecule has 2 nitrogen and oxygen atoms in total. The van der Waals surface area contributed by atoms with E-state index in [1.165, 1.54) is 17.5 Å². The zero-order chi connectivity index (χ0) is 12.8. The quantitative estimate of drug-likeness (QED) is 0.730. The third-order valence-electron chi connectivity index (χ3n) is 2.98. The lowest BCUT2D eigenvalue weighted by atomic mass is 10.2. The van der Waals surface area contributed by atoms with Crippen molar-refractivity contribution >= 4 is 21.7 Å². The summed E-state index contributed by atoms with van der Waals surface area (Å²) in [6.45, 7) is 4.06. The number of hydrogen-bond donors (Lipinski definition) is 0. The van der Waals surface area contributed by atoms with Gasteiger partial charge in [-0.15, -0.1) is 0 Å². The topological polar surface area (TPSA) is 29.4 Å². The lowest BCUT2D eigenvalue weighted by molar-refractivity contribution is 0.677. The minimum atomic E-state index is -2.44. The van der Waals surface area contributed by atoms with Gasteiger partial charge in [0.15, 0.2) is 0 Å². The first-order chi connectivity index (χ1) is 8.59. The van der Waals surface area contributed by atoms with E-state index in [0.29, 0.717) is 0 Å². The molecule has 0 spiro atoms. The molecule has 0 radical (unpaired) electrons. The van der Waals surface area contributed by atoms with Gasteiger partial charge in [0.1, 0.15) is 9.73 Å². The van der Waals surface area contributed by atoms with Gasteiger partial charge in [0.25, 0.3) is 0 Å². The van der Waals surface area contributed by atoms with Crippen LogP contribution in [0.4, 0.5) is 0 Å². The molecule has 0 aromatic heterocycles. The molecular weight excluding hydrogens is 262 g/mol. The van der Waals surface area contributed by atoms with Crippen LogP contribution < -0.4 is 0 Å². The van der Waals surface area contributed by atoms with Crippen LogP contribution in [-0.4, -0.2) is 4.21 Å². The van der Waals surface area contributed by atoms with E-state index in [1.807, 2.05) is 56.3 Å². The molecule has 0 fully saturated rings. The van der Waals surface area contributed by atoms with Crippen molar-refractivity contribution in [1.29, 1.82) is 0 Å². The van der Waals surface area contributed by atoms with Crippen molar-refractivity contribution < 1.29 is 4.21 Å². The summed E-state index contributed by atoms with van der Waals surface area (Å²) in [7, 11) is -2.44. The van der Waals surface area contributed by atoms with E-state index in [2.05, 4.69) is 3.77 Å². The first-order valence-electron chi connectivity index (χ1n) is 5.70. The van der Waals surface area contributed by atoms with Gasteiger partial charge in [-0.1, -0.05) is 23.8 Å². The van der Waals surface area contributed by atoms with Gasteiger partial charge in [-0.3, -0.25) is 0 Å². The van der Waals surface area contributed by atoms with Gasteiger partial charge >= 0.3 is 0 Å². The second-order valence-corrected chi connectivity index (χ2v) is 7.64. The summed E-state index contributed by atoms with van der Waals surface area (Å²) in [5.74, 6) is 0. The minimum Gasteiger partial charge on any atom is -0.239 e. The molecular formula is C14H13NOS2. The normalized spacial score (nSPS) is 21.4. The molecule has 1 unspecified atom stereocenters. The summed E-state index contributed by atoms with van der Waals surface area (Å²) < 4.78 is 17.4. The lowest BCUT2D eigenvalue weighted by Crippen LogP contribution is -1.99. The highest BCUT2D eigenvalue weighted by Crippen LogP contribution is 2.41. The van der Waals surface area contributed by atoms with E-state index in [-0.39, 0.29) is 0 Å². The maximum Gasteiger partial charge on any atom is 0.116 e. The van der Waals surface area contributed by atoms with Crippen molar-refractivity contribution in [2.24, 2.45) is 3.77 Å². The average molecular weight is 275 g/mol. The molecule has 1 atom stereocenters. The Morgan fingerprint density at radius 2 is 1.67 bits per heavy atom. The third kappa shape index (κ3) is 1.76. The number of fused-ring (bicyclic) bond motifs is 1. The zero-order valence-electron chi connectivity index (χ0n) is 10.2. The molecule has 92 valence electrons. The van der Waals surface area contributed by atoms with Crippen molar-refractivity contribution in [3.8, 4) is 0 Å². The fourth-order valence-corrected chi connectivity index (χ4v) is 5.54. The van der Waals surface area contributed by atoms with Crippen LogP contribution in [0.3, 0.4) is 0 Å². The van der Waals surface area contributed by atoms with Crippen LogP contribution in [0, 0.1) is 13.8 Å². The second kappa shape index (κ2) is 4.14. The molecule has 0 amide bonds. The maximum absolute atomic E-state index is 13.0. The molecule has 1 aliphatic heterocycles. The molecule has 0 aliphatic carbocycles. The van der Waals surface area contributed by atoms with Crippen LogP contribution in [0.15, 0.2) is 60.9 Å². The van der Waals surface area contributed by atoms with E-state index in [9.17, 15) is 4.21 Å². The van der Waals surface area contributed by atoms with Crippen LogP contribution in [0.2, 0.25) is 0 Å². The average Bonchev–Trinajstić information content (AvgIpc) is 2.68. The molecule has 18 heavy (non-hydrogen) atoms. The Labute approximate surface area is 112 Å². The highest BCUT2D eigenvalue weighted by molar-refractivity contribution is 8.10. The molecule has 4 heteroatoms. The highest BCUT2D eigenvalue weighted by Gasteiger charge is 2.25. The largest absolute Gasteiger partial charge is 0.239 e. The van der Waals surface area contributed by atoms with Gasteiger partial charge in [0, 0.05) is 16.8 Å². The van der Waals surface area contributed by atoms with Gasteiger partial charge in [-0.2, -0.15) is 3.77 Å². The monoisotopic (exact) mass is 275 g/mol. The maximum atomic E-state index is 13.0. The van der Waals surface area contributed by atoms with Crippen molar-refractivity contribution in [3.05, 3.63) is 53.6 Å². The number of nitrogens with zero attached hydrogens (tertiary/aromatic N) is 1. The molecule has 1 heterocycles. The summed E-state index contributed by atoms with van der Waals surface area (Å²) >= 11 is 1.34. The van der Waals surface area contributed by atoms with Crippen molar-refractivity contribution in [2.75, 3.05) is 0 Å². The Morgan fingerprint density at radius 3 is 2.39 bits per heavy atom. The Balaban J connectivity index is 2.20. The van der Waals surface area contributed by atoms with E-state index >= 15 is 0 Å². The second-order valence-electron chi connectivity index (χ2n) is 4.45. The van der Waals surface area contributed by atoms with Crippen LogP contribution in [-0.2, 0) is 9.73 Å². The Kier molecular flexibility index (Phi) is 2.72. The van der Waals surface area contributed by atoms with Crippen LogP contribution >= 0.6 is 11.9 Å². The van der Waals surface area contributed by atoms with E-state index in [0.717, 1.165) is 20.2 Å². The fraction of sp³-hybridized carbons (Fsp3) is 0.143. The SMILES string of the molecule is Cc1ccc(S2(=O)=NSc3cc(C)ccc32)cc1. The molecule has 2 aromatic rings. The molecule has 1 aliphatic rings. The summed E-state index contributed by atoms with van der Waals surface area (Å²) in [5, 5.41) is 0. The first kappa shape index (κ1) is 11.8. The number of aryl methyl sites for hydroxylation is 2. The number of hydrogen-bond acceptors (Lipinski definition) is 3. The summed E-state index contributed by atoms with van der Waals surface area (Å²) in [6, 6.07) is 13.8.